The number of hydrogen-bond donors (Lipinski definition) is 5. The summed E-state index contributed by atoms with van der Waals surface area (Å²) >= 11 is 0. The number of fused-ring (bicyclic) bond motifs is 1. The molecule has 0 aliphatic carbocycles. The first-order valence-corrected chi connectivity index (χ1v) is 14.5. The summed E-state index contributed by atoms with van der Waals surface area (Å²) in [5, 5.41) is 28.2. The van der Waals surface area contributed by atoms with Gasteiger partial charge in [-0.15, -0.1) is 0 Å². The molecular weight excluding hydrogens is 542 g/mol. The molecule has 12 heteroatoms. The lowest BCUT2D eigenvalue weighted by molar-refractivity contribution is -0.142. The molecule has 0 spiro atoms. The average Bonchev–Trinajstić information content (AvgIpc) is 3.69. The van der Waals surface area contributed by atoms with Crippen LogP contribution in [0.2, 0.25) is 0 Å². The van der Waals surface area contributed by atoms with Crippen molar-refractivity contribution >= 4 is 28.5 Å². The minimum atomic E-state index is -1.00. The Morgan fingerprint density at radius 1 is 1.17 bits per heavy atom. The maximum atomic E-state index is 13.3. The van der Waals surface area contributed by atoms with Crippen LogP contribution in [-0.2, 0) is 19.1 Å². The van der Waals surface area contributed by atoms with Crippen molar-refractivity contribution in [2.24, 2.45) is 11.3 Å². The van der Waals surface area contributed by atoms with Crippen LogP contribution >= 0.6 is 0 Å². The SMILES string of the molecule is CC(C)[C@H](NC(=O)C(C)(C)COc1cc2cc([C@@H](C)O)ccc2cn1)C(=O)N[C@@H](C)C(=O)N1CCC[C@@H](C2OC2O)N1. The number of amides is 3. The standard InChI is InChI=1S/C30H43N5O7/c1-16(2)24(26(37)32-17(3)27(38)35-11-7-8-22(34-35)25-28(39)42-25)33-29(40)30(5,6)15-41-23-13-21-12-19(18(4)36)9-10-20(21)14-31-23/h9-10,12-14,16-18,22,24-25,28,34,36,39H,7-8,11,15H2,1-6H3,(H,32,37)(H,33,40)/t17-,18+,22-,24-,25?,28?/m0/s1. The molecule has 4 rings (SSSR count). The van der Waals surface area contributed by atoms with Crippen molar-refractivity contribution in [2.45, 2.75) is 91.0 Å². The smallest absolute Gasteiger partial charge is 0.258 e. The van der Waals surface area contributed by atoms with Crippen LogP contribution in [0.4, 0.5) is 0 Å². The van der Waals surface area contributed by atoms with E-state index >= 15 is 0 Å². The van der Waals surface area contributed by atoms with E-state index in [9.17, 15) is 24.6 Å². The Hall–Kier alpha value is -3.32. The molecule has 0 saturated carbocycles. The van der Waals surface area contributed by atoms with Gasteiger partial charge in [0.1, 0.15) is 24.8 Å². The topological polar surface area (TPSA) is 166 Å². The average molecular weight is 586 g/mol. The number of carbonyl (C=O) groups is 3. The van der Waals surface area contributed by atoms with Crippen LogP contribution in [0.5, 0.6) is 5.88 Å². The number of rotatable bonds is 11. The van der Waals surface area contributed by atoms with E-state index < -0.39 is 35.8 Å². The number of ether oxygens (including phenoxy) is 2. The van der Waals surface area contributed by atoms with Crippen molar-refractivity contribution < 1.29 is 34.1 Å². The van der Waals surface area contributed by atoms with Gasteiger partial charge < -0.3 is 30.3 Å². The van der Waals surface area contributed by atoms with Crippen LogP contribution in [0.3, 0.4) is 0 Å². The summed E-state index contributed by atoms with van der Waals surface area (Å²) in [5.41, 5.74) is 2.87. The van der Waals surface area contributed by atoms with Crippen molar-refractivity contribution in [3.8, 4) is 5.88 Å². The molecule has 3 heterocycles. The lowest BCUT2D eigenvalue weighted by Gasteiger charge is -2.35. The number of nitrogens with one attached hydrogen (secondary N) is 3. The molecule has 2 fully saturated rings. The van der Waals surface area contributed by atoms with Gasteiger partial charge in [-0.3, -0.25) is 19.4 Å². The van der Waals surface area contributed by atoms with Crippen molar-refractivity contribution in [1.82, 2.24) is 26.1 Å². The molecule has 2 aromatic rings. The van der Waals surface area contributed by atoms with E-state index in [1.54, 1.807) is 40.0 Å². The summed E-state index contributed by atoms with van der Waals surface area (Å²) in [6, 6.07) is 5.48. The third-order valence-corrected chi connectivity index (χ3v) is 7.75. The largest absolute Gasteiger partial charge is 0.477 e. The zero-order chi connectivity index (χ0) is 30.8. The van der Waals surface area contributed by atoms with E-state index in [-0.39, 0.29) is 36.5 Å². The van der Waals surface area contributed by atoms with Gasteiger partial charge in [-0.1, -0.05) is 26.0 Å². The lowest BCUT2D eigenvalue weighted by atomic mass is 9.92. The third kappa shape index (κ3) is 7.54. The molecule has 0 radical (unpaired) electrons. The number of aromatic nitrogens is 1. The van der Waals surface area contributed by atoms with Gasteiger partial charge in [-0.25, -0.2) is 10.4 Å². The van der Waals surface area contributed by atoms with Gasteiger partial charge in [-0.05, 0) is 63.5 Å². The highest BCUT2D eigenvalue weighted by molar-refractivity contribution is 5.93. The Kier molecular flexibility index (Phi) is 9.71. The normalized spacial score (nSPS) is 22.8. The van der Waals surface area contributed by atoms with Gasteiger partial charge in [0.25, 0.3) is 5.91 Å². The van der Waals surface area contributed by atoms with E-state index in [4.69, 9.17) is 9.47 Å². The van der Waals surface area contributed by atoms with Crippen LogP contribution in [0, 0.1) is 11.3 Å². The van der Waals surface area contributed by atoms with Gasteiger partial charge in [0.2, 0.25) is 17.7 Å². The Bertz CT molecular complexity index is 1300. The molecule has 12 nitrogen and oxygen atoms in total. The van der Waals surface area contributed by atoms with E-state index in [2.05, 4.69) is 21.0 Å². The van der Waals surface area contributed by atoms with Crippen molar-refractivity contribution in [3.05, 3.63) is 36.0 Å². The molecule has 1 aromatic carbocycles. The monoisotopic (exact) mass is 585 g/mol. The lowest BCUT2D eigenvalue weighted by Crippen LogP contribution is -2.61. The zero-order valence-electron chi connectivity index (χ0n) is 25.1. The fourth-order valence-electron chi connectivity index (χ4n) is 4.89. The minimum absolute atomic E-state index is 0.00988. The number of hydrogen-bond acceptors (Lipinski definition) is 9. The highest BCUT2D eigenvalue weighted by Gasteiger charge is 2.46. The second-order valence-electron chi connectivity index (χ2n) is 12.3. The number of benzene rings is 1. The molecule has 230 valence electrons. The second kappa shape index (κ2) is 12.9. The summed E-state index contributed by atoms with van der Waals surface area (Å²) in [6.45, 7) is 10.9. The summed E-state index contributed by atoms with van der Waals surface area (Å²) < 4.78 is 11.0. The Balaban J connectivity index is 1.33. The van der Waals surface area contributed by atoms with E-state index in [1.165, 1.54) is 5.01 Å². The number of carbonyl (C=O) groups excluding carboxylic acids is 3. The molecule has 3 amide bonds. The Morgan fingerprint density at radius 3 is 2.52 bits per heavy atom. The van der Waals surface area contributed by atoms with Gasteiger partial charge in [0, 0.05) is 24.2 Å². The molecule has 6 atom stereocenters. The van der Waals surface area contributed by atoms with Gasteiger partial charge in [0.15, 0.2) is 6.29 Å². The number of aliphatic hydroxyl groups excluding tert-OH is 2. The first-order valence-electron chi connectivity index (χ1n) is 14.5. The molecule has 1 aromatic heterocycles. The molecule has 2 saturated heterocycles. The maximum Gasteiger partial charge on any atom is 0.258 e. The number of nitrogens with zero attached hydrogens (tertiary/aromatic N) is 2. The second-order valence-corrected chi connectivity index (χ2v) is 12.3. The predicted molar refractivity (Wildman–Crippen MR) is 155 cm³/mol. The molecular formula is C30H43N5O7. The van der Waals surface area contributed by atoms with E-state index in [0.717, 1.165) is 29.2 Å². The van der Waals surface area contributed by atoms with Gasteiger partial charge >= 0.3 is 0 Å². The summed E-state index contributed by atoms with van der Waals surface area (Å²) in [5.74, 6) is -1.06. The van der Waals surface area contributed by atoms with Crippen LogP contribution in [0.15, 0.2) is 30.5 Å². The number of aliphatic hydroxyl groups is 2. The fraction of sp³-hybridized carbons (Fsp3) is 0.600. The molecule has 5 N–H and O–H groups in total. The number of hydrazine groups is 1. The molecule has 2 aliphatic rings. The van der Waals surface area contributed by atoms with Crippen LogP contribution < -0.4 is 20.8 Å². The maximum absolute atomic E-state index is 13.3. The van der Waals surface area contributed by atoms with Crippen LogP contribution in [0.1, 0.15) is 66.1 Å². The summed E-state index contributed by atoms with van der Waals surface area (Å²) in [4.78, 5) is 43.9. The molecule has 0 bridgehead atoms. The highest BCUT2D eigenvalue weighted by Crippen LogP contribution is 2.28. The first kappa shape index (κ1) is 31.6. The van der Waals surface area contributed by atoms with Crippen LogP contribution in [0.25, 0.3) is 10.8 Å². The summed E-state index contributed by atoms with van der Waals surface area (Å²) in [6.07, 6.45) is 1.44. The first-order chi connectivity index (χ1) is 19.8. The van der Waals surface area contributed by atoms with Gasteiger partial charge in [-0.2, -0.15) is 0 Å². The molecule has 2 unspecified atom stereocenters. The molecule has 2 aliphatic heterocycles. The van der Waals surface area contributed by atoms with Gasteiger partial charge in [0.05, 0.1) is 17.6 Å². The quantitative estimate of drug-likeness (QED) is 0.246. The molecule has 42 heavy (non-hydrogen) atoms. The Labute approximate surface area is 246 Å². The number of epoxide rings is 1. The van der Waals surface area contributed by atoms with E-state index in [0.29, 0.717) is 12.4 Å². The van der Waals surface area contributed by atoms with E-state index in [1.807, 2.05) is 32.0 Å². The predicted octanol–water partition coefficient (Wildman–Crippen LogP) is 1.55. The van der Waals surface area contributed by atoms with Crippen LogP contribution in [-0.4, -0.2) is 81.6 Å². The van der Waals surface area contributed by atoms with Crippen molar-refractivity contribution in [2.75, 3.05) is 13.2 Å². The Morgan fingerprint density at radius 2 is 1.88 bits per heavy atom. The highest BCUT2D eigenvalue weighted by atomic mass is 16.7. The fourth-order valence-corrected chi connectivity index (χ4v) is 4.89. The van der Waals surface area contributed by atoms with Crippen molar-refractivity contribution in [1.29, 1.82) is 0 Å². The van der Waals surface area contributed by atoms with Crippen molar-refractivity contribution in [3.63, 3.8) is 0 Å². The third-order valence-electron chi connectivity index (χ3n) is 7.75. The number of pyridine rings is 1. The summed E-state index contributed by atoms with van der Waals surface area (Å²) in [7, 11) is 0. The zero-order valence-corrected chi connectivity index (χ0v) is 25.1. The minimum Gasteiger partial charge on any atom is -0.477 e.